The number of halogens is 1. The summed E-state index contributed by atoms with van der Waals surface area (Å²) in [5.41, 5.74) is 2.98. The average Bonchev–Trinajstić information content (AvgIpc) is 2.89. The smallest absolute Gasteiger partial charge is 0.363 e. The number of carbonyl (C=O) groups is 1. The van der Waals surface area contributed by atoms with Gasteiger partial charge in [-0.15, -0.1) is 0 Å². The molecule has 0 saturated heterocycles. The molecular weight excluding hydrogens is 312 g/mol. The predicted octanol–water partition coefficient (Wildman–Crippen LogP) is 3.75. The molecule has 0 aliphatic carbocycles. The summed E-state index contributed by atoms with van der Waals surface area (Å²) in [6.45, 7) is 0. The van der Waals surface area contributed by atoms with Gasteiger partial charge in [0.1, 0.15) is 0 Å². The van der Waals surface area contributed by atoms with Crippen LogP contribution in [0.3, 0.4) is 0 Å². The number of esters is 1. The molecule has 1 aliphatic heterocycles. The van der Waals surface area contributed by atoms with E-state index in [-0.39, 0.29) is 5.70 Å². The number of rotatable bonds is 3. The van der Waals surface area contributed by atoms with Crippen LogP contribution in [0.25, 0.3) is 6.08 Å². The Hall–Kier alpha value is -2.59. The van der Waals surface area contributed by atoms with E-state index in [4.69, 9.17) is 16.3 Å². The molecule has 0 atom stereocenters. The highest BCUT2D eigenvalue weighted by Gasteiger charge is 2.23. The van der Waals surface area contributed by atoms with Gasteiger partial charge >= 0.3 is 5.97 Å². The Morgan fingerprint density at radius 2 is 1.70 bits per heavy atom. The third-order valence-electron chi connectivity index (χ3n) is 3.42. The van der Waals surface area contributed by atoms with Gasteiger partial charge in [0.15, 0.2) is 5.70 Å². The predicted molar refractivity (Wildman–Crippen MR) is 92.8 cm³/mol. The van der Waals surface area contributed by atoms with E-state index in [1.807, 2.05) is 43.3 Å². The first-order valence-corrected chi connectivity index (χ1v) is 7.46. The van der Waals surface area contributed by atoms with Crippen molar-refractivity contribution in [2.45, 2.75) is 0 Å². The minimum atomic E-state index is -0.452. The van der Waals surface area contributed by atoms with Gasteiger partial charge in [-0.05, 0) is 48.0 Å². The van der Waals surface area contributed by atoms with Crippen molar-refractivity contribution in [1.29, 1.82) is 0 Å². The number of hydrogen-bond acceptors (Lipinski definition) is 4. The highest BCUT2D eigenvalue weighted by Crippen LogP contribution is 2.21. The first kappa shape index (κ1) is 15.3. The molecule has 3 rings (SSSR count). The summed E-state index contributed by atoms with van der Waals surface area (Å²) < 4.78 is 5.23. The van der Waals surface area contributed by atoms with Gasteiger partial charge in [-0.2, -0.15) is 0 Å². The first-order valence-electron chi connectivity index (χ1n) is 7.09. The summed E-state index contributed by atoms with van der Waals surface area (Å²) in [6, 6.07) is 14.8. The lowest BCUT2D eigenvalue weighted by molar-refractivity contribution is -0.129. The number of cyclic esters (lactones) is 1. The highest BCUT2D eigenvalue weighted by atomic mass is 35.5. The number of carbonyl (C=O) groups excluding carboxylic acids is 1. The maximum atomic E-state index is 12.0. The summed E-state index contributed by atoms with van der Waals surface area (Å²) in [5, 5.41) is 0.621. The number of nitrogens with zero attached hydrogens (tertiary/aromatic N) is 2. The fourth-order valence-electron chi connectivity index (χ4n) is 2.15. The van der Waals surface area contributed by atoms with Crippen molar-refractivity contribution >= 4 is 35.2 Å². The van der Waals surface area contributed by atoms with Gasteiger partial charge in [0, 0.05) is 30.4 Å². The van der Waals surface area contributed by atoms with Crippen molar-refractivity contribution in [3.05, 3.63) is 70.4 Å². The Bertz CT molecular complexity index is 791. The molecule has 23 heavy (non-hydrogen) atoms. The van der Waals surface area contributed by atoms with E-state index in [1.165, 1.54) is 0 Å². The quantitative estimate of drug-likeness (QED) is 0.637. The SMILES string of the molecule is CN(C)c1ccc(/C=C2/N=C(c3ccc(Cl)cc3)OC2=O)cc1. The molecule has 0 aromatic heterocycles. The fourth-order valence-corrected chi connectivity index (χ4v) is 2.28. The van der Waals surface area contributed by atoms with Crippen LogP contribution < -0.4 is 4.90 Å². The largest absolute Gasteiger partial charge is 0.402 e. The van der Waals surface area contributed by atoms with Crippen LogP contribution in [0.1, 0.15) is 11.1 Å². The number of aliphatic imine (C=N–C) groups is 1. The van der Waals surface area contributed by atoms with Gasteiger partial charge in [0.05, 0.1) is 0 Å². The van der Waals surface area contributed by atoms with E-state index in [1.54, 1.807) is 30.3 Å². The molecule has 4 nitrogen and oxygen atoms in total. The van der Waals surface area contributed by atoms with Crippen LogP contribution in [0.4, 0.5) is 5.69 Å². The van der Waals surface area contributed by atoms with Crippen molar-refractivity contribution in [3.63, 3.8) is 0 Å². The van der Waals surface area contributed by atoms with Crippen LogP contribution in [0.15, 0.2) is 59.2 Å². The lowest BCUT2D eigenvalue weighted by Gasteiger charge is -2.11. The number of anilines is 1. The highest BCUT2D eigenvalue weighted by molar-refractivity contribution is 6.30. The zero-order valence-corrected chi connectivity index (χ0v) is 13.5. The van der Waals surface area contributed by atoms with Gasteiger partial charge < -0.3 is 9.64 Å². The molecule has 0 radical (unpaired) electrons. The minimum absolute atomic E-state index is 0.285. The molecule has 116 valence electrons. The molecule has 2 aromatic carbocycles. The molecule has 1 heterocycles. The van der Waals surface area contributed by atoms with Crippen molar-refractivity contribution in [2.24, 2.45) is 4.99 Å². The molecule has 0 saturated carbocycles. The van der Waals surface area contributed by atoms with E-state index in [2.05, 4.69) is 4.99 Å². The average molecular weight is 327 g/mol. The van der Waals surface area contributed by atoms with Crippen molar-refractivity contribution in [2.75, 3.05) is 19.0 Å². The molecule has 5 heteroatoms. The van der Waals surface area contributed by atoms with Crippen molar-refractivity contribution in [1.82, 2.24) is 0 Å². The maximum Gasteiger partial charge on any atom is 0.363 e. The summed E-state index contributed by atoms with van der Waals surface area (Å²) in [6.07, 6.45) is 1.71. The molecule has 0 amide bonds. The number of ether oxygens (including phenoxy) is 1. The van der Waals surface area contributed by atoms with Crippen molar-refractivity contribution < 1.29 is 9.53 Å². The Morgan fingerprint density at radius 1 is 1.04 bits per heavy atom. The zero-order chi connectivity index (χ0) is 16.4. The third kappa shape index (κ3) is 3.43. The normalized spacial score (nSPS) is 15.5. The van der Waals surface area contributed by atoms with Gasteiger partial charge in [-0.3, -0.25) is 0 Å². The van der Waals surface area contributed by atoms with Gasteiger partial charge in [0.25, 0.3) is 0 Å². The minimum Gasteiger partial charge on any atom is -0.402 e. The number of benzene rings is 2. The lowest BCUT2D eigenvalue weighted by atomic mass is 10.1. The monoisotopic (exact) mass is 326 g/mol. The zero-order valence-electron chi connectivity index (χ0n) is 12.8. The molecule has 0 spiro atoms. The maximum absolute atomic E-state index is 12.0. The van der Waals surface area contributed by atoms with Crippen LogP contribution >= 0.6 is 11.6 Å². The lowest BCUT2D eigenvalue weighted by Crippen LogP contribution is -2.08. The third-order valence-corrected chi connectivity index (χ3v) is 3.68. The topological polar surface area (TPSA) is 41.9 Å². The second kappa shape index (κ2) is 6.26. The second-order valence-corrected chi connectivity index (χ2v) is 5.77. The summed E-state index contributed by atoms with van der Waals surface area (Å²) >= 11 is 5.86. The Kier molecular flexibility index (Phi) is 4.17. The van der Waals surface area contributed by atoms with Crippen LogP contribution in [-0.2, 0) is 9.53 Å². The Morgan fingerprint density at radius 3 is 2.30 bits per heavy atom. The van der Waals surface area contributed by atoms with Crippen LogP contribution in [0.5, 0.6) is 0 Å². The molecule has 0 N–H and O–H groups in total. The molecule has 0 fully saturated rings. The van der Waals surface area contributed by atoms with Crippen LogP contribution in [-0.4, -0.2) is 26.0 Å². The van der Waals surface area contributed by atoms with E-state index in [9.17, 15) is 4.79 Å². The van der Waals surface area contributed by atoms with E-state index in [0.717, 1.165) is 11.3 Å². The molecule has 2 aromatic rings. The summed E-state index contributed by atoms with van der Waals surface area (Å²) in [7, 11) is 3.95. The molecule has 1 aliphatic rings. The fraction of sp³-hybridized carbons (Fsp3) is 0.111. The van der Waals surface area contributed by atoms with Crippen molar-refractivity contribution in [3.8, 4) is 0 Å². The molecular formula is C18H15ClN2O2. The summed E-state index contributed by atoms with van der Waals surface area (Å²) in [5.74, 6) is -0.158. The second-order valence-electron chi connectivity index (χ2n) is 5.33. The van der Waals surface area contributed by atoms with E-state index >= 15 is 0 Å². The Balaban J connectivity index is 1.87. The standard InChI is InChI=1S/C18H15ClN2O2/c1-21(2)15-9-3-12(4-10-15)11-16-18(22)23-17(20-16)13-5-7-14(19)8-6-13/h3-11H,1-2H3/b16-11+. The van der Waals surface area contributed by atoms with Gasteiger partial charge in [0.2, 0.25) is 5.90 Å². The van der Waals surface area contributed by atoms with Crippen LogP contribution in [0, 0.1) is 0 Å². The molecule has 0 bridgehead atoms. The molecule has 0 unspecified atom stereocenters. The summed E-state index contributed by atoms with van der Waals surface area (Å²) in [4.78, 5) is 18.3. The number of hydrogen-bond donors (Lipinski definition) is 0. The van der Waals surface area contributed by atoms with Gasteiger partial charge in [-0.1, -0.05) is 23.7 Å². The van der Waals surface area contributed by atoms with Crippen LogP contribution in [0.2, 0.25) is 5.02 Å². The van der Waals surface area contributed by atoms with E-state index < -0.39 is 5.97 Å². The Labute approximate surface area is 139 Å². The van der Waals surface area contributed by atoms with Gasteiger partial charge in [-0.25, -0.2) is 9.79 Å². The van der Waals surface area contributed by atoms with E-state index in [0.29, 0.717) is 16.5 Å². The first-order chi connectivity index (χ1) is 11.0.